The molecule has 13 heteroatoms. The number of fused-ring (bicyclic) bond motifs is 40. The maximum Gasteiger partial charge on any atom is 0.332 e. The zero-order chi connectivity index (χ0) is 93.9. The minimum Gasteiger partial charge on any atom is -0.360 e. The Hall–Kier alpha value is -19.8. The van der Waals surface area contributed by atoms with Crippen molar-refractivity contribution in [3.8, 4) is 51.5 Å². The SMILES string of the molecule is [C-]#[N+]c1nc(-n2c3ccccc3c3cc4c5ccccc5n5c6c7ccccc7ccc6c(c32)c45)nc2ccccc12.c1ccc(-c2ccc(-c3nc(-n4c5ccccc5c5cc6c7ccccc7n7c8c9ccccc9ccc8c(c54)c67)nc4ccccc34)cc2)cc1.c1ccc2cc(-c3nc(-n4c5ccccc5c5cc6c7ccccc7n7c8c9ccccc9ccc8c(c54)c67)nc4ccccc34)ccc2c1. The number of nitrogens with zero attached hydrogens (tertiary/aromatic N) is 13. The molecule has 144 heavy (non-hydrogen) atoms. The summed E-state index contributed by atoms with van der Waals surface area (Å²) in [6.07, 6.45) is 0. The van der Waals surface area contributed by atoms with Gasteiger partial charge < -0.3 is 18.0 Å². The first-order valence-corrected chi connectivity index (χ1v) is 48.8. The summed E-state index contributed by atoms with van der Waals surface area (Å²) in [5.41, 5.74) is 26.5. The fourth-order valence-corrected chi connectivity index (χ4v) is 24.7. The molecule has 0 fully saturated rings. The zero-order valence-corrected chi connectivity index (χ0v) is 77.0. The summed E-state index contributed by atoms with van der Waals surface area (Å²) in [4.78, 5) is 35.4. The van der Waals surface area contributed by atoms with Crippen LogP contribution in [0.5, 0.6) is 0 Å². The molecule has 0 aliphatic carbocycles. The number of benzene rings is 22. The standard InChI is InChI=1S/C48H28N4.C46H26N4.C37H19N5/c1-2-12-29(13-3-1)30-22-24-32(25-23-30)44-36-18-6-9-19-40(36)49-48(50-44)52-42-21-11-8-17-35(42)39-28-38-34-16-7-10-20-41(34)51-45-33-15-5-4-14-31(33)26-27-37(45)43(46(38)51)47(39)52;1-2-13-29-25-30(22-21-27(29)11-1)42-34-17-5-8-18-38(34)47-46(48-42)50-40-20-10-7-16-33(40)37-26-36-32-15-6-9-19-39(32)49-43-31-14-4-3-12-28(31)23-24-35(43)41(44(36)49)45(37)50;1-38-36-25-14-4-7-15-29(25)39-37(40-36)42-31-17-9-6-13-24(31)28-20-27-23-12-5-8-16-30(23)41-33-22-11-3-2-10-21(22)18-19-26(33)32(34(27)41)35(28)42/h1-28H;1-26H;2-20H. The van der Waals surface area contributed by atoms with Gasteiger partial charge in [0.1, 0.15) is 0 Å². The number of rotatable bonds is 6. The monoisotopic (exact) mass is 1830 g/mol. The van der Waals surface area contributed by atoms with Gasteiger partial charge in [0.25, 0.3) is 5.82 Å². The molecule has 0 radical (unpaired) electrons. The molecule has 0 bridgehead atoms. The first-order chi connectivity index (χ1) is 71.4. The van der Waals surface area contributed by atoms with E-state index in [9.17, 15) is 0 Å². The van der Waals surface area contributed by atoms with Crippen molar-refractivity contribution in [2.75, 3.05) is 0 Å². The van der Waals surface area contributed by atoms with Gasteiger partial charge >= 0.3 is 5.95 Å². The maximum absolute atomic E-state index is 7.93. The molecule has 12 heterocycles. The van der Waals surface area contributed by atoms with E-state index in [2.05, 4.69) is 450 Å². The Balaban J connectivity index is 0.0000000972. The summed E-state index contributed by atoms with van der Waals surface area (Å²) < 4.78 is 14.3. The summed E-state index contributed by atoms with van der Waals surface area (Å²) in [5.74, 6) is 2.21. The van der Waals surface area contributed by atoms with Crippen LogP contribution in [-0.4, -0.2) is 56.8 Å². The van der Waals surface area contributed by atoms with E-state index in [1.807, 2.05) is 24.3 Å². The van der Waals surface area contributed by atoms with Crippen molar-refractivity contribution in [3.05, 3.63) is 454 Å². The second-order valence-corrected chi connectivity index (χ2v) is 38.1. The summed E-state index contributed by atoms with van der Waals surface area (Å²) >= 11 is 0. The molecule has 0 atom stereocenters. The molecule has 0 saturated carbocycles. The predicted octanol–water partition coefficient (Wildman–Crippen LogP) is 33.8. The molecule has 0 aliphatic rings. The molecular weight excluding hydrogens is 1760 g/mol. The Bertz CT molecular complexity index is 11600. The van der Waals surface area contributed by atoms with Crippen LogP contribution in [-0.2, 0) is 0 Å². The lowest BCUT2D eigenvalue weighted by molar-refractivity contribution is 1.02. The van der Waals surface area contributed by atoms with Crippen molar-refractivity contribution in [1.29, 1.82) is 0 Å². The van der Waals surface area contributed by atoms with Gasteiger partial charge in [-0.1, -0.05) is 376 Å². The summed E-state index contributed by atoms with van der Waals surface area (Å²) in [6, 6.07) is 158. The third kappa shape index (κ3) is 10.8. The van der Waals surface area contributed by atoms with E-state index >= 15 is 0 Å². The lowest BCUT2D eigenvalue weighted by Gasteiger charge is -2.13. The third-order valence-electron chi connectivity index (χ3n) is 30.7. The number of hydrogen-bond donors (Lipinski definition) is 0. The van der Waals surface area contributed by atoms with E-state index in [-0.39, 0.29) is 0 Å². The van der Waals surface area contributed by atoms with Gasteiger partial charge in [-0.3, -0.25) is 13.7 Å². The molecule has 662 valence electrons. The second kappa shape index (κ2) is 29.6. The first kappa shape index (κ1) is 78.3. The van der Waals surface area contributed by atoms with Gasteiger partial charge in [0.2, 0.25) is 11.9 Å². The highest BCUT2D eigenvalue weighted by Gasteiger charge is 2.33. The lowest BCUT2D eigenvalue weighted by Crippen LogP contribution is -2.03. The Morgan fingerprint density at radius 3 is 0.847 bits per heavy atom. The van der Waals surface area contributed by atoms with Crippen molar-refractivity contribution >= 4 is 261 Å². The van der Waals surface area contributed by atoms with Crippen molar-refractivity contribution in [2.45, 2.75) is 0 Å². The molecule has 0 amide bonds. The molecule has 12 aromatic heterocycles. The van der Waals surface area contributed by atoms with Gasteiger partial charge in [-0.2, -0.15) is 4.98 Å². The summed E-state index contributed by atoms with van der Waals surface area (Å²) in [5, 5.41) is 34.6. The molecule has 0 saturated heterocycles. The Kier molecular flexibility index (Phi) is 16.1. The van der Waals surface area contributed by atoms with E-state index in [4.69, 9.17) is 36.5 Å². The van der Waals surface area contributed by atoms with Crippen molar-refractivity contribution in [1.82, 2.24) is 56.8 Å². The molecule has 34 aromatic rings. The van der Waals surface area contributed by atoms with E-state index < -0.39 is 0 Å². The lowest BCUT2D eigenvalue weighted by atomic mass is 10.0. The highest BCUT2D eigenvalue weighted by atomic mass is 15.2. The maximum atomic E-state index is 7.93. The quantitative estimate of drug-likeness (QED) is 0.153. The molecule has 13 nitrogen and oxygen atoms in total. The van der Waals surface area contributed by atoms with Crippen LogP contribution >= 0.6 is 0 Å². The van der Waals surface area contributed by atoms with Crippen LogP contribution in [0.4, 0.5) is 5.82 Å². The van der Waals surface area contributed by atoms with Crippen LogP contribution in [0.15, 0.2) is 443 Å². The van der Waals surface area contributed by atoms with Crippen molar-refractivity contribution < 1.29 is 0 Å². The number of aromatic nitrogens is 12. The van der Waals surface area contributed by atoms with Gasteiger partial charge in [0, 0.05) is 140 Å². The number of hydrogen-bond acceptors (Lipinski definition) is 6. The smallest absolute Gasteiger partial charge is 0.332 e. The fraction of sp³-hybridized carbons (Fsp3) is 0. The van der Waals surface area contributed by atoms with Gasteiger partial charge in [-0.25, -0.2) is 19.9 Å². The average Bonchev–Trinajstić information content (AvgIpc) is 1.52. The molecule has 0 unspecified atom stereocenters. The normalized spacial score (nSPS) is 12.3. The Labute approximate surface area is 818 Å². The van der Waals surface area contributed by atoms with Crippen LogP contribution < -0.4 is 0 Å². The van der Waals surface area contributed by atoms with E-state index in [0.29, 0.717) is 23.7 Å². The summed E-state index contributed by atoms with van der Waals surface area (Å²) in [6.45, 7) is 7.93. The van der Waals surface area contributed by atoms with Gasteiger partial charge in [-0.15, -0.1) is 0 Å². The molecule has 22 aromatic carbocycles. The number of para-hydroxylation sites is 9. The topological polar surface area (TPSA) is 110 Å². The Morgan fingerprint density at radius 1 is 0.167 bits per heavy atom. The van der Waals surface area contributed by atoms with Crippen LogP contribution in [0.25, 0.3) is 312 Å². The predicted molar refractivity (Wildman–Crippen MR) is 598 cm³/mol. The fourth-order valence-electron chi connectivity index (χ4n) is 24.7. The highest BCUT2D eigenvalue weighted by Crippen LogP contribution is 2.54. The van der Waals surface area contributed by atoms with Crippen LogP contribution in [0.3, 0.4) is 0 Å². The Morgan fingerprint density at radius 2 is 0.444 bits per heavy atom. The van der Waals surface area contributed by atoms with Gasteiger partial charge in [0.15, 0.2) is 0 Å². The third-order valence-corrected chi connectivity index (χ3v) is 30.7. The van der Waals surface area contributed by atoms with Gasteiger partial charge in [-0.05, 0) is 117 Å². The van der Waals surface area contributed by atoms with Gasteiger partial charge in [0.05, 0.1) is 111 Å². The average molecular weight is 1830 g/mol. The van der Waals surface area contributed by atoms with Crippen molar-refractivity contribution in [3.63, 3.8) is 0 Å². The largest absolute Gasteiger partial charge is 0.360 e. The van der Waals surface area contributed by atoms with Crippen LogP contribution in [0, 0.1) is 6.57 Å². The molecular formula is C131H73N13. The molecule has 34 rings (SSSR count). The van der Waals surface area contributed by atoms with E-state index in [1.165, 1.54) is 190 Å². The second-order valence-electron chi connectivity index (χ2n) is 38.1. The minimum absolute atomic E-state index is 0.361. The molecule has 0 aliphatic heterocycles. The zero-order valence-electron chi connectivity index (χ0n) is 77.0. The minimum atomic E-state index is 0.361. The van der Waals surface area contributed by atoms with Crippen LogP contribution in [0.1, 0.15) is 0 Å². The molecule has 0 spiro atoms. The first-order valence-electron chi connectivity index (χ1n) is 48.8. The van der Waals surface area contributed by atoms with Crippen molar-refractivity contribution in [2.24, 2.45) is 0 Å². The van der Waals surface area contributed by atoms with E-state index in [1.54, 1.807) is 0 Å². The summed E-state index contributed by atoms with van der Waals surface area (Å²) in [7, 11) is 0. The molecule has 0 N–H and O–H groups in total. The highest BCUT2D eigenvalue weighted by molar-refractivity contribution is 6.40. The van der Waals surface area contributed by atoms with Crippen LogP contribution in [0.2, 0.25) is 0 Å². The van der Waals surface area contributed by atoms with E-state index in [0.717, 1.165) is 99.1 Å².